The number of carbonyl (C=O) groups is 1. The monoisotopic (exact) mass is 306 g/mol. The van der Waals surface area contributed by atoms with Crippen LogP contribution in [0, 0.1) is 0 Å². The van der Waals surface area contributed by atoms with E-state index in [1.165, 1.54) is 6.07 Å². The summed E-state index contributed by atoms with van der Waals surface area (Å²) in [6.45, 7) is 0. The molecule has 1 aromatic carbocycles. The first-order valence-electron chi connectivity index (χ1n) is 6.90. The molecule has 3 heterocycles. The highest BCUT2D eigenvalue weighted by Gasteiger charge is 2.17. The Labute approximate surface area is 129 Å². The van der Waals surface area contributed by atoms with Crippen LogP contribution in [0.2, 0.25) is 0 Å². The van der Waals surface area contributed by atoms with Gasteiger partial charge in [0.2, 0.25) is 5.43 Å². The van der Waals surface area contributed by atoms with E-state index in [1.807, 2.05) is 0 Å². The maximum atomic E-state index is 12.4. The molecule has 6 heteroatoms. The van der Waals surface area contributed by atoms with Crippen LogP contribution in [-0.4, -0.2) is 10.9 Å². The largest absolute Gasteiger partial charge is 0.425 e. The molecule has 0 aliphatic rings. The SMILES string of the molecule is O=C(Nc1ccccn1)c1cc2c(=O)c3ccccc3oc2o1. The third kappa shape index (κ3) is 2.26. The Morgan fingerprint density at radius 2 is 1.83 bits per heavy atom. The molecule has 0 fully saturated rings. The lowest BCUT2D eigenvalue weighted by molar-refractivity contribution is 0.0996. The Kier molecular flexibility index (Phi) is 2.94. The van der Waals surface area contributed by atoms with Crippen molar-refractivity contribution >= 4 is 33.9 Å². The second-order valence-electron chi connectivity index (χ2n) is 4.91. The first kappa shape index (κ1) is 13.3. The van der Waals surface area contributed by atoms with Crippen molar-refractivity contribution in [1.82, 2.24) is 4.98 Å². The van der Waals surface area contributed by atoms with Crippen LogP contribution in [0.15, 0.2) is 68.4 Å². The normalized spacial score (nSPS) is 11.0. The highest BCUT2D eigenvalue weighted by Crippen LogP contribution is 2.22. The predicted octanol–water partition coefficient (Wildman–Crippen LogP) is 3.19. The number of para-hydroxylation sites is 1. The summed E-state index contributed by atoms with van der Waals surface area (Å²) in [5.74, 6) is -0.0948. The number of anilines is 1. The van der Waals surface area contributed by atoms with Gasteiger partial charge < -0.3 is 14.2 Å². The molecule has 0 aliphatic heterocycles. The van der Waals surface area contributed by atoms with Crippen LogP contribution in [0.1, 0.15) is 10.6 Å². The number of nitrogens with zero attached hydrogens (tertiary/aromatic N) is 1. The van der Waals surface area contributed by atoms with Gasteiger partial charge in [-0.05, 0) is 24.3 Å². The third-order valence-electron chi connectivity index (χ3n) is 3.41. The highest BCUT2D eigenvalue weighted by molar-refractivity contribution is 6.04. The Morgan fingerprint density at radius 3 is 2.65 bits per heavy atom. The molecular weight excluding hydrogens is 296 g/mol. The number of hydrogen-bond donors (Lipinski definition) is 1. The van der Waals surface area contributed by atoms with Crippen LogP contribution < -0.4 is 10.7 Å². The molecule has 4 aromatic rings. The average Bonchev–Trinajstić information content (AvgIpc) is 3.00. The molecule has 0 saturated carbocycles. The molecule has 0 spiro atoms. The first-order valence-corrected chi connectivity index (χ1v) is 6.90. The van der Waals surface area contributed by atoms with E-state index in [2.05, 4.69) is 10.3 Å². The van der Waals surface area contributed by atoms with Gasteiger partial charge >= 0.3 is 5.78 Å². The molecule has 3 aromatic heterocycles. The molecule has 23 heavy (non-hydrogen) atoms. The number of furan rings is 1. The Hall–Kier alpha value is -3.41. The maximum absolute atomic E-state index is 12.4. The highest BCUT2D eigenvalue weighted by atomic mass is 16.5. The van der Waals surface area contributed by atoms with Crippen molar-refractivity contribution in [3.8, 4) is 0 Å². The molecule has 112 valence electrons. The van der Waals surface area contributed by atoms with E-state index in [0.717, 1.165) is 0 Å². The quantitative estimate of drug-likeness (QED) is 0.614. The van der Waals surface area contributed by atoms with Crippen LogP contribution in [0.5, 0.6) is 0 Å². The molecule has 4 rings (SSSR count). The zero-order chi connectivity index (χ0) is 15.8. The summed E-state index contributed by atoms with van der Waals surface area (Å²) in [4.78, 5) is 28.6. The molecule has 0 bridgehead atoms. The number of aromatic nitrogens is 1. The second kappa shape index (κ2) is 5.10. The minimum Gasteiger partial charge on any atom is -0.425 e. The summed E-state index contributed by atoms with van der Waals surface area (Å²) >= 11 is 0. The summed E-state index contributed by atoms with van der Waals surface area (Å²) in [7, 11) is 0. The van der Waals surface area contributed by atoms with E-state index < -0.39 is 5.91 Å². The number of fused-ring (bicyclic) bond motifs is 2. The number of nitrogens with one attached hydrogen (secondary N) is 1. The van der Waals surface area contributed by atoms with Gasteiger partial charge in [-0.2, -0.15) is 0 Å². The fourth-order valence-corrected chi connectivity index (χ4v) is 2.32. The molecule has 0 unspecified atom stereocenters. The number of benzene rings is 1. The Morgan fingerprint density at radius 1 is 1.00 bits per heavy atom. The van der Waals surface area contributed by atoms with Gasteiger partial charge in [0.05, 0.1) is 5.39 Å². The second-order valence-corrected chi connectivity index (χ2v) is 4.91. The Balaban J connectivity index is 1.80. The van der Waals surface area contributed by atoms with Crippen molar-refractivity contribution in [3.05, 3.63) is 70.7 Å². The smallest absolute Gasteiger partial charge is 0.302 e. The van der Waals surface area contributed by atoms with E-state index in [-0.39, 0.29) is 22.4 Å². The standard InChI is InChI=1S/C17H10N2O4/c20-15-10-5-1-2-6-12(10)22-17-11(15)9-13(23-17)16(21)19-14-7-3-4-8-18-14/h1-9H,(H,18,19,21). The minimum atomic E-state index is -0.501. The van der Waals surface area contributed by atoms with E-state index in [1.54, 1.807) is 48.7 Å². The molecule has 1 amide bonds. The van der Waals surface area contributed by atoms with Gasteiger partial charge in [0.15, 0.2) is 5.76 Å². The molecular formula is C17H10N2O4. The van der Waals surface area contributed by atoms with Crippen LogP contribution in [0.3, 0.4) is 0 Å². The lowest BCUT2D eigenvalue weighted by Crippen LogP contribution is -2.11. The Bertz CT molecular complexity index is 1080. The fraction of sp³-hybridized carbons (Fsp3) is 0. The summed E-state index contributed by atoms with van der Waals surface area (Å²) < 4.78 is 10.9. The van der Waals surface area contributed by atoms with Crippen molar-refractivity contribution in [3.63, 3.8) is 0 Å². The zero-order valence-electron chi connectivity index (χ0n) is 11.8. The van der Waals surface area contributed by atoms with Crippen LogP contribution in [0.25, 0.3) is 22.1 Å². The van der Waals surface area contributed by atoms with Crippen molar-refractivity contribution in [2.45, 2.75) is 0 Å². The van der Waals surface area contributed by atoms with Crippen LogP contribution in [-0.2, 0) is 0 Å². The van der Waals surface area contributed by atoms with Gasteiger partial charge in [0.1, 0.15) is 16.8 Å². The van der Waals surface area contributed by atoms with E-state index in [4.69, 9.17) is 8.83 Å². The van der Waals surface area contributed by atoms with E-state index >= 15 is 0 Å². The van der Waals surface area contributed by atoms with Crippen LogP contribution in [0.4, 0.5) is 5.82 Å². The molecule has 0 aliphatic carbocycles. The topological polar surface area (TPSA) is 85.3 Å². The van der Waals surface area contributed by atoms with Gasteiger partial charge in [-0.3, -0.25) is 9.59 Å². The van der Waals surface area contributed by atoms with Crippen molar-refractivity contribution in [2.24, 2.45) is 0 Å². The van der Waals surface area contributed by atoms with Crippen molar-refractivity contribution in [1.29, 1.82) is 0 Å². The summed E-state index contributed by atoms with van der Waals surface area (Å²) in [5, 5.41) is 3.27. The van der Waals surface area contributed by atoms with E-state index in [9.17, 15) is 9.59 Å². The zero-order valence-corrected chi connectivity index (χ0v) is 11.8. The van der Waals surface area contributed by atoms with Gasteiger partial charge in [0.25, 0.3) is 5.91 Å². The fourth-order valence-electron chi connectivity index (χ4n) is 2.32. The van der Waals surface area contributed by atoms with Gasteiger partial charge in [-0.1, -0.05) is 18.2 Å². The predicted molar refractivity (Wildman–Crippen MR) is 84.4 cm³/mol. The molecule has 0 radical (unpaired) electrons. The summed E-state index contributed by atoms with van der Waals surface area (Å²) in [5.41, 5.74) is 0.179. The van der Waals surface area contributed by atoms with Crippen LogP contribution >= 0.6 is 0 Å². The summed E-state index contributed by atoms with van der Waals surface area (Å²) in [6, 6.07) is 13.4. The number of amides is 1. The van der Waals surface area contributed by atoms with Gasteiger partial charge in [-0.15, -0.1) is 0 Å². The lowest BCUT2D eigenvalue weighted by Gasteiger charge is -2.00. The van der Waals surface area contributed by atoms with Gasteiger partial charge in [-0.25, -0.2) is 4.98 Å². The molecule has 0 atom stereocenters. The number of rotatable bonds is 2. The van der Waals surface area contributed by atoms with E-state index in [0.29, 0.717) is 16.8 Å². The maximum Gasteiger partial charge on any atom is 0.302 e. The third-order valence-corrected chi connectivity index (χ3v) is 3.41. The minimum absolute atomic E-state index is 0.0122. The number of carbonyl (C=O) groups excluding carboxylic acids is 1. The number of pyridine rings is 1. The van der Waals surface area contributed by atoms with Crippen molar-refractivity contribution in [2.75, 3.05) is 5.32 Å². The lowest BCUT2D eigenvalue weighted by atomic mass is 10.2. The van der Waals surface area contributed by atoms with Gasteiger partial charge in [0, 0.05) is 12.3 Å². The van der Waals surface area contributed by atoms with Crippen molar-refractivity contribution < 1.29 is 13.6 Å². The average molecular weight is 306 g/mol. The first-order chi connectivity index (χ1) is 11.2. The molecule has 0 saturated heterocycles. The molecule has 6 nitrogen and oxygen atoms in total. The summed E-state index contributed by atoms with van der Waals surface area (Å²) in [6.07, 6.45) is 1.56. The number of hydrogen-bond acceptors (Lipinski definition) is 5. The molecule has 1 N–H and O–H groups in total.